The van der Waals surface area contributed by atoms with Crippen molar-refractivity contribution < 1.29 is 27.8 Å². The minimum Gasteiger partial charge on any atom is -0.493 e. The number of imidazole rings is 1. The fraction of sp³-hybridized carbons (Fsp3) is 0.0870. The second-order valence-electron chi connectivity index (χ2n) is 7.24. The molecule has 4 rings (SSSR count). The molecule has 2 heterocycles. The van der Waals surface area contributed by atoms with E-state index in [4.69, 9.17) is 11.6 Å². The largest absolute Gasteiger partial charge is 0.573 e. The van der Waals surface area contributed by atoms with Gasteiger partial charge in [0.25, 0.3) is 5.91 Å². The summed E-state index contributed by atoms with van der Waals surface area (Å²) in [6, 6.07) is 12.5. The number of amides is 1. The number of carbonyl (C=O) groups is 1. The number of ether oxygens (including phenoxy) is 1. The van der Waals surface area contributed by atoms with Gasteiger partial charge < -0.3 is 15.2 Å². The maximum Gasteiger partial charge on any atom is 0.573 e. The van der Waals surface area contributed by atoms with Crippen LogP contribution < -0.4 is 15.7 Å². The summed E-state index contributed by atoms with van der Waals surface area (Å²) >= 11 is 6.08. The number of benzene rings is 2. The second kappa shape index (κ2) is 9.55. The highest BCUT2D eigenvalue weighted by Crippen LogP contribution is 2.25. The standard InChI is InChI=1S/C23H16ClF3N4O4/c24-18-4-2-1-3-17(18)21(33)29-19-11-28-10-9-14(19)12-30-13-20(32)31(22(30)34)15-5-7-16(8-6-15)35-23(25,26)27/h1-11,13,32H,12H2,(H,29,33). The normalized spacial score (nSPS) is 11.3. The van der Waals surface area contributed by atoms with E-state index in [1.54, 1.807) is 30.3 Å². The Kier molecular flexibility index (Phi) is 6.52. The van der Waals surface area contributed by atoms with E-state index in [1.165, 1.54) is 35.3 Å². The number of hydrogen-bond donors (Lipinski definition) is 2. The van der Waals surface area contributed by atoms with Gasteiger partial charge in [0, 0.05) is 6.20 Å². The van der Waals surface area contributed by atoms with E-state index in [0.717, 1.165) is 16.7 Å². The molecular weight excluding hydrogens is 489 g/mol. The molecule has 2 N–H and O–H groups in total. The molecule has 8 nitrogen and oxygen atoms in total. The zero-order valence-electron chi connectivity index (χ0n) is 17.7. The van der Waals surface area contributed by atoms with Crippen LogP contribution in [0.15, 0.2) is 78.0 Å². The van der Waals surface area contributed by atoms with Crippen molar-refractivity contribution in [2.24, 2.45) is 0 Å². The summed E-state index contributed by atoms with van der Waals surface area (Å²) in [7, 11) is 0. The number of pyridine rings is 1. The van der Waals surface area contributed by atoms with E-state index >= 15 is 0 Å². The van der Waals surface area contributed by atoms with Gasteiger partial charge in [0.2, 0.25) is 5.88 Å². The van der Waals surface area contributed by atoms with Crippen molar-refractivity contribution in [3.8, 4) is 17.3 Å². The molecule has 0 aliphatic carbocycles. The molecule has 0 bridgehead atoms. The summed E-state index contributed by atoms with van der Waals surface area (Å²) in [5.74, 6) is -1.38. The Morgan fingerprint density at radius 2 is 1.83 bits per heavy atom. The molecule has 0 saturated carbocycles. The van der Waals surface area contributed by atoms with Crippen molar-refractivity contribution in [3.63, 3.8) is 0 Å². The molecule has 12 heteroatoms. The zero-order chi connectivity index (χ0) is 25.2. The molecule has 0 atom stereocenters. The van der Waals surface area contributed by atoms with Crippen molar-refractivity contribution in [2.75, 3.05) is 5.32 Å². The van der Waals surface area contributed by atoms with Crippen molar-refractivity contribution in [1.82, 2.24) is 14.1 Å². The summed E-state index contributed by atoms with van der Waals surface area (Å²) < 4.78 is 43.0. The van der Waals surface area contributed by atoms with Crippen LogP contribution in [0.3, 0.4) is 0 Å². The van der Waals surface area contributed by atoms with Crippen LogP contribution in [0.2, 0.25) is 5.02 Å². The van der Waals surface area contributed by atoms with E-state index in [9.17, 15) is 27.9 Å². The number of rotatable bonds is 6. The van der Waals surface area contributed by atoms with Gasteiger partial charge in [-0.05, 0) is 48.0 Å². The van der Waals surface area contributed by atoms with Crippen LogP contribution in [-0.2, 0) is 6.54 Å². The van der Waals surface area contributed by atoms with Crippen molar-refractivity contribution in [1.29, 1.82) is 0 Å². The third-order valence-electron chi connectivity index (χ3n) is 4.88. The van der Waals surface area contributed by atoms with E-state index in [-0.39, 0.29) is 22.8 Å². The minimum absolute atomic E-state index is 0.0463. The molecule has 1 amide bonds. The first-order valence-corrected chi connectivity index (χ1v) is 10.4. The summed E-state index contributed by atoms with van der Waals surface area (Å²) in [6.07, 6.45) is -0.803. The number of carbonyl (C=O) groups excluding carboxylic acids is 1. The maximum atomic E-state index is 12.9. The number of nitrogens with zero attached hydrogens (tertiary/aromatic N) is 3. The molecule has 0 aliphatic rings. The maximum absolute atomic E-state index is 12.9. The Hall–Kier alpha value is -4.25. The van der Waals surface area contributed by atoms with Crippen LogP contribution in [0.4, 0.5) is 18.9 Å². The van der Waals surface area contributed by atoms with Gasteiger partial charge in [-0.1, -0.05) is 23.7 Å². The average molecular weight is 505 g/mol. The molecule has 4 aromatic rings. The predicted molar refractivity (Wildman–Crippen MR) is 121 cm³/mol. The molecule has 0 fully saturated rings. The van der Waals surface area contributed by atoms with Gasteiger partial charge in [-0.25, -0.2) is 9.36 Å². The lowest BCUT2D eigenvalue weighted by molar-refractivity contribution is -0.274. The van der Waals surface area contributed by atoms with Gasteiger partial charge in [0.15, 0.2) is 0 Å². The molecule has 35 heavy (non-hydrogen) atoms. The van der Waals surface area contributed by atoms with Crippen molar-refractivity contribution in [2.45, 2.75) is 12.9 Å². The molecule has 2 aromatic heterocycles. The Balaban J connectivity index is 1.59. The lowest BCUT2D eigenvalue weighted by Gasteiger charge is -2.11. The molecule has 180 valence electrons. The number of hydrogen-bond acceptors (Lipinski definition) is 5. The first kappa shape index (κ1) is 23.9. The van der Waals surface area contributed by atoms with Crippen LogP contribution in [-0.4, -0.2) is 31.5 Å². The van der Waals surface area contributed by atoms with Crippen LogP contribution in [0.25, 0.3) is 5.69 Å². The molecule has 2 aromatic carbocycles. The quantitative estimate of drug-likeness (QED) is 0.400. The molecule has 0 aliphatic heterocycles. The topological polar surface area (TPSA) is 98.4 Å². The lowest BCUT2D eigenvalue weighted by Crippen LogP contribution is -2.24. The Morgan fingerprint density at radius 3 is 2.51 bits per heavy atom. The van der Waals surface area contributed by atoms with Crippen LogP contribution >= 0.6 is 11.6 Å². The smallest absolute Gasteiger partial charge is 0.493 e. The highest BCUT2D eigenvalue weighted by Gasteiger charge is 2.31. The Morgan fingerprint density at radius 1 is 1.11 bits per heavy atom. The van der Waals surface area contributed by atoms with Gasteiger partial charge in [0.1, 0.15) is 5.75 Å². The molecule has 0 unspecified atom stereocenters. The van der Waals surface area contributed by atoms with Crippen molar-refractivity contribution in [3.05, 3.63) is 99.8 Å². The van der Waals surface area contributed by atoms with Gasteiger partial charge >= 0.3 is 12.1 Å². The average Bonchev–Trinajstić information content (AvgIpc) is 3.07. The zero-order valence-corrected chi connectivity index (χ0v) is 18.4. The monoisotopic (exact) mass is 504 g/mol. The summed E-state index contributed by atoms with van der Waals surface area (Å²) in [5, 5.41) is 13.3. The number of aromatic hydroxyl groups is 1. The van der Waals surface area contributed by atoms with Crippen LogP contribution in [0, 0.1) is 0 Å². The lowest BCUT2D eigenvalue weighted by atomic mass is 10.2. The SMILES string of the molecule is O=C(Nc1cnccc1Cn1cc(O)n(-c2ccc(OC(F)(F)F)cc2)c1=O)c1ccccc1Cl. The highest BCUT2D eigenvalue weighted by molar-refractivity contribution is 6.34. The van der Waals surface area contributed by atoms with Crippen molar-refractivity contribution >= 4 is 23.2 Å². The molecular formula is C23H16ClF3N4O4. The van der Waals surface area contributed by atoms with Gasteiger partial charge in [-0.3, -0.25) is 14.3 Å². The third kappa shape index (κ3) is 5.46. The van der Waals surface area contributed by atoms with Gasteiger partial charge in [-0.2, -0.15) is 0 Å². The first-order valence-electron chi connectivity index (χ1n) is 9.98. The molecule has 0 spiro atoms. The summed E-state index contributed by atoms with van der Waals surface area (Å²) in [4.78, 5) is 29.6. The number of alkyl halides is 3. The van der Waals surface area contributed by atoms with E-state index in [2.05, 4.69) is 15.0 Å². The fourth-order valence-corrected chi connectivity index (χ4v) is 3.55. The minimum atomic E-state index is -4.85. The Labute approximate surface area is 200 Å². The van der Waals surface area contributed by atoms with Gasteiger partial charge in [-0.15, -0.1) is 13.2 Å². The van der Waals surface area contributed by atoms with E-state index in [1.807, 2.05) is 0 Å². The van der Waals surface area contributed by atoms with Crippen LogP contribution in [0.1, 0.15) is 15.9 Å². The second-order valence-corrected chi connectivity index (χ2v) is 7.65. The number of anilines is 1. The summed E-state index contributed by atoms with van der Waals surface area (Å²) in [6.45, 7) is -0.0463. The molecule has 0 radical (unpaired) electrons. The third-order valence-corrected chi connectivity index (χ3v) is 5.21. The first-order chi connectivity index (χ1) is 16.6. The van der Waals surface area contributed by atoms with Crippen LogP contribution in [0.5, 0.6) is 11.6 Å². The predicted octanol–water partition coefficient (Wildman–Crippen LogP) is 4.59. The van der Waals surface area contributed by atoms with Gasteiger partial charge in [0.05, 0.1) is 40.9 Å². The highest BCUT2D eigenvalue weighted by atomic mass is 35.5. The number of aromatic nitrogens is 3. The summed E-state index contributed by atoms with van der Waals surface area (Å²) in [5.41, 5.74) is 0.552. The number of nitrogens with one attached hydrogen (secondary N) is 1. The number of halogens is 4. The van der Waals surface area contributed by atoms with E-state index < -0.39 is 29.6 Å². The Bertz CT molecular complexity index is 1430. The fourth-order valence-electron chi connectivity index (χ4n) is 3.32. The molecule has 0 saturated heterocycles. The van der Waals surface area contributed by atoms with E-state index in [0.29, 0.717) is 11.3 Å².